The van der Waals surface area contributed by atoms with Crippen molar-refractivity contribution in [3.05, 3.63) is 77.9 Å². The van der Waals surface area contributed by atoms with E-state index in [9.17, 15) is 8.78 Å². The molecule has 0 N–H and O–H groups in total. The SMILES string of the molecule is CCCCC1CCC(c2ccc(-c3cccc(Oc4ccc(OC(F)F)cc4)c3F)c(F)c2)CC1. The maximum absolute atomic E-state index is 15.3. The standard InChI is InChI=1S/C29H30F4O2/c1-2-3-5-19-8-10-20(11-9-19)21-12-17-24(26(30)18-21)25-6-4-7-27(28(25)31)34-22-13-15-23(16-14-22)35-29(32)33/h4,6-7,12-20,29H,2-3,5,8-11H2,1H3. The summed E-state index contributed by atoms with van der Waals surface area (Å²) >= 11 is 0. The molecule has 0 unspecified atom stereocenters. The predicted octanol–water partition coefficient (Wildman–Crippen LogP) is 9.49. The Kier molecular flexibility index (Phi) is 8.32. The van der Waals surface area contributed by atoms with Crippen molar-refractivity contribution in [1.29, 1.82) is 0 Å². The number of alkyl halides is 2. The van der Waals surface area contributed by atoms with Gasteiger partial charge >= 0.3 is 6.61 Å². The van der Waals surface area contributed by atoms with Gasteiger partial charge < -0.3 is 9.47 Å². The second-order valence-corrected chi connectivity index (χ2v) is 9.17. The highest BCUT2D eigenvalue weighted by Crippen LogP contribution is 2.40. The Morgan fingerprint density at radius 2 is 1.57 bits per heavy atom. The Hall–Kier alpha value is -3.02. The molecule has 2 nitrogen and oxygen atoms in total. The van der Waals surface area contributed by atoms with Gasteiger partial charge in [-0.3, -0.25) is 0 Å². The molecule has 35 heavy (non-hydrogen) atoms. The van der Waals surface area contributed by atoms with E-state index >= 15 is 8.78 Å². The maximum Gasteiger partial charge on any atom is 0.387 e. The van der Waals surface area contributed by atoms with Gasteiger partial charge in [-0.15, -0.1) is 0 Å². The minimum atomic E-state index is -2.93. The van der Waals surface area contributed by atoms with E-state index < -0.39 is 18.2 Å². The third-order valence-corrected chi connectivity index (χ3v) is 6.81. The summed E-state index contributed by atoms with van der Waals surface area (Å²) < 4.78 is 64.9. The molecule has 1 fully saturated rings. The molecule has 0 radical (unpaired) electrons. The highest BCUT2D eigenvalue weighted by atomic mass is 19.3. The van der Waals surface area contributed by atoms with Crippen LogP contribution in [0.25, 0.3) is 11.1 Å². The first-order chi connectivity index (χ1) is 16.9. The van der Waals surface area contributed by atoms with Crippen molar-refractivity contribution in [3.8, 4) is 28.4 Å². The molecule has 3 aromatic carbocycles. The van der Waals surface area contributed by atoms with Gasteiger partial charge in [-0.1, -0.05) is 50.5 Å². The van der Waals surface area contributed by atoms with Crippen LogP contribution in [0.5, 0.6) is 17.2 Å². The highest BCUT2D eigenvalue weighted by molar-refractivity contribution is 5.67. The Bertz CT molecular complexity index is 1110. The number of ether oxygens (including phenoxy) is 2. The molecule has 1 aliphatic carbocycles. The average molecular weight is 487 g/mol. The summed E-state index contributed by atoms with van der Waals surface area (Å²) in [7, 11) is 0. The molecule has 0 atom stereocenters. The monoisotopic (exact) mass is 486 g/mol. The molecule has 0 saturated heterocycles. The first kappa shape index (κ1) is 25.1. The summed E-state index contributed by atoms with van der Waals surface area (Å²) in [6.45, 7) is -0.718. The van der Waals surface area contributed by atoms with E-state index in [1.165, 1.54) is 68.5 Å². The second kappa shape index (κ2) is 11.6. The van der Waals surface area contributed by atoms with Crippen LogP contribution < -0.4 is 9.47 Å². The lowest BCUT2D eigenvalue weighted by Gasteiger charge is -2.29. The fourth-order valence-corrected chi connectivity index (χ4v) is 4.89. The van der Waals surface area contributed by atoms with Gasteiger partial charge in [0.15, 0.2) is 11.6 Å². The van der Waals surface area contributed by atoms with Gasteiger partial charge in [-0.25, -0.2) is 8.78 Å². The molecule has 0 aromatic heterocycles. The molecule has 0 spiro atoms. The van der Waals surface area contributed by atoms with E-state index in [4.69, 9.17) is 4.74 Å². The molecule has 4 rings (SSSR count). The minimum Gasteiger partial charge on any atom is -0.454 e. The van der Waals surface area contributed by atoms with E-state index in [1.807, 2.05) is 6.07 Å². The summed E-state index contributed by atoms with van der Waals surface area (Å²) in [4.78, 5) is 0. The van der Waals surface area contributed by atoms with Crippen LogP contribution in [0.15, 0.2) is 60.7 Å². The Balaban J connectivity index is 1.47. The van der Waals surface area contributed by atoms with Gasteiger partial charge in [0, 0.05) is 11.1 Å². The predicted molar refractivity (Wildman–Crippen MR) is 129 cm³/mol. The van der Waals surface area contributed by atoms with Gasteiger partial charge in [0.1, 0.15) is 17.3 Å². The van der Waals surface area contributed by atoms with E-state index in [0.717, 1.165) is 24.3 Å². The molecular weight excluding hydrogens is 456 g/mol. The normalized spacial score (nSPS) is 18.0. The van der Waals surface area contributed by atoms with Crippen LogP contribution in [-0.4, -0.2) is 6.61 Å². The maximum atomic E-state index is 15.3. The topological polar surface area (TPSA) is 18.5 Å². The average Bonchev–Trinajstić information content (AvgIpc) is 2.85. The molecule has 3 aromatic rings. The lowest BCUT2D eigenvalue weighted by Crippen LogP contribution is -2.13. The number of benzene rings is 3. The molecule has 1 aliphatic rings. The molecule has 0 heterocycles. The van der Waals surface area contributed by atoms with Crippen molar-refractivity contribution < 1.29 is 27.0 Å². The summed E-state index contributed by atoms with van der Waals surface area (Å²) in [6, 6.07) is 15.0. The Labute approximate surface area is 203 Å². The smallest absolute Gasteiger partial charge is 0.387 e. The van der Waals surface area contributed by atoms with Crippen LogP contribution >= 0.6 is 0 Å². The number of halogens is 4. The van der Waals surface area contributed by atoms with Crippen LogP contribution in [0.2, 0.25) is 0 Å². The van der Waals surface area contributed by atoms with Crippen molar-refractivity contribution in [2.45, 2.75) is 64.4 Å². The number of hydrogen-bond donors (Lipinski definition) is 0. The van der Waals surface area contributed by atoms with Gasteiger partial charge in [0.05, 0.1) is 0 Å². The van der Waals surface area contributed by atoms with Crippen LogP contribution in [-0.2, 0) is 0 Å². The van der Waals surface area contributed by atoms with Crippen LogP contribution in [0, 0.1) is 17.6 Å². The van der Waals surface area contributed by atoms with Gasteiger partial charge in [0.2, 0.25) is 0 Å². The zero-order chi connectivity index (χ0) is 24.8. The fraction of sp³-hybridized carbons (Fsp3) is 0.379. The number of unbranched alkanes of at least 4 members (excludes halogenated alkanes) is 1. The summed E-state index contributed by atoms with van der Waals surface area (Å²) in [5, 5.41) is 0. The fourth-order valence-electron chi connectivity index (χ4n) is 4.89. The minimum absolute atomic E-state index is 0.0295. The lowest BCUT2D eigenvalue weighted by molar-refractivity contribution is -0.0498. The van der Waals surface area contributed by atoms with Crippen LogP contribution in [0.3, 0.4) is 0 Å². The van der Waals surface area contributed by atoms with Crippen molar-refractivity contribution in [3.63, 3.8) is 0 Å². The van der Waals surface area contributed by atoms with Crippen LogP contribution in [0.1, 0.15) is 63.4 Å². The molecule has 6 heteroatoms. The molecule has 1 saturated carbocycles. The van der Waals surface area contributed by atoms with Gasteiger partial charge in [-0.05, 0) is 79.5 Å². The molecule has 0 bridgehead atoms. The van der Waals surface area contributed by atoms with E-state index in [0.29, 0.717) is 5.92 Å². The highest BCUT2D eigenvalue weighted by Gasteiger charge is 2.23. The quantitative estimate of drug-likeness (QED) is 0.280. The summed E-state index contributed by atoms with van der Waals surface area (Å²) in [5.74, 6) is 0.0990. The van der Waals surface area contributed by atoms with E-state index in [2.05, 4.69) is 11.7 Å². The third-order valence-electron chi connectivity index (χ3n) is 6.81. The molecule has 0 aliphatic heterocycles. The number of hydrogen-bond acceptors (Lipinski definition) is 2. The van der Waals surface area contributed by atoms with Gasteiger partial charge in [-0.2, -0.15) is 8.78 Å². The van der Waals surface area contributed by atoms with E-state index in [-0.39, 0.29) is 28.4 Å². The van der Waals surface area contributed by atoms with Crippen LogP contribution in [0.4, 0.5) is 17.6 Å². The first-order valence-electron chi connectivity index (χ1n) is 12.3. The zero-order valence-electron chi connectivity index (χ0n) is 19.8. The third kappa shape index (κ3) is 6.36. The Morgan fingerprint density at radius 3 is 2.23 bits per heavy atom. The summed E-state index contributed by atoms with van der Waals surface area (Å²) in [5.41, 5.74) is 1.25. The zero-order valence-corrected chi connectivity index (χ0v) is 19.8. The molecular formula is C29H30F4O2. The second-order valence-electron chi connectivity index (χ2n) is 9.17. The lowest BCUT2D eigenvalue weighted by atomic mass is 9.77. The van der Waals surface area contributed by atoms with Gasteiger partial charge in [0.25, 0.3) is 0 Å². The van der Waals surface area contributed by atoms with Crippen molar-refractivity contribution in [2.24, 2.45) is 5.92 Å². The largest absolute Gasteiger partial charge is 0.454 e. The van der Waals surface area contributed by atoms with Crippen molar-refractivity contribution in [2.75, 3.05) is 0 Å². The molecule has 186 valence electrons. The van der Waals surface area contributed by atoms with E-state index in [1.54, 1.807) is 18.2 Å². The Morgan fingerprint density at radius 1 is 0.857 bits per heavy atom. The molecule has 0 amide bonds. The first-order valence-corrected chi connectivity index (χ1v) is 12.3. The van der Waals surface area contributed by atoms with Crippen molar-refractivity contribution >= 4 is 0 Å². The summed E-state index contributed by atoms with van der Waals surface area (Å²) in [6.07, 6.45) is 8.25. The van der Waals surface area contributed by atoms with Crippen molar-refractivity contribution in [1.82, 2.24) is 0 Å². The number of rotatable bonds is 9.